The van der Waals surface area contributed by atoms with Crippen molar-refractivity contribution >= 4 is 39.5 Å². The van der Waals surface area contributed by atoms with E-state index in [0.717, 1.165) is 102 Å². The van der Waals surface area contributed by atoms with Crippen LogP contribution in [0.15, 0.2) is 0 Å². The third kappa shape index (κ3) is 59.7. The van der Waals surface area contributed by atoms with Gasteiger partial charge in [-0.1, -0.05) is 291 Å². The minimum Gasteiger partial charge on any atom is -0.462 e. The SMILES string of the molecule is CCCCCCCCCCCCCCCCC(=O)OC[C@H](COP(=O)(O)OC[C@@H](O)COP(=O)(O)OC[C@@H](COC(=O)CCCCCCC)OC(=O)CCCCCCCCCCCCCCC)OC(=O)CCCCCCCCCCCCC(C)CC. The van der Waals surface area contributed by atoms with Gasteiger partial charge >= 0.3 is 39.5 Å². The van der Waals surface area contributed by atoms with E-state index in [2.05, 4.69) is 34.6 Å². The molecule has 0 aliphatic rings. The summed E-state index contributed by atoms with van der Waals surface area (Å²) >= 11 is 0. The minimum absolute atomic E-state index is 0.107. The topological polar surface area (TPSA) is 237 Å². The molecule has 0 aromatic rings. The molecular weight excluding hydrogens is 1140 g/mol. The second-order valence-corrected chi connectivity index (χ2v) is 27.4. The highest BCUT2D eigenvalue weighted by atomic mass is 31.2. The molecule has 510 valence electrons. The van der Waals surface area contributed by atoms with E-state index in [0.29, 0.717) is 25.7 Å². The van der Waals surface area contributed by atoms with Gasteiger partial charge in [-0.2, -0.15) is 0 Å². The van der Waals surface area contributed by atoms with Gasteiger partial charge in [0.15, 0.2) is 12.2 Å². The highest BCUT2D eigenvalue weighted by molar-refractivity contribution is 7.47. The van der Waals surface area contributed by atoms with Crippen molar-refractivity contribution < 1.29 is 80.2 Å². The van der Waals surface area contributed by atoms with Crippen LogP contribution < -0.4 is 0 Å². The van der Waals surface area contributed by atoms with Crippen LogP contribution in [0.5, 0.6) is 0 Å². The van der Waals surface area contributed by atoms with E-state index in [1.165, 1.54) is 161 Å². The van der Waals surface area contributed by atoms with Gasteiger partial charge in [0, 0.05) is 25.7 Å². The zero-order chi connectivity index (χ0) is 63.5. The average molecular weight is 1270 g/mol. The Kier molecular flexibility index (Phi) is 59.2. The quantitative estimate of drug-likeness (QED) is 0.0222. The Morgan fingerprint density at radius 1 is 0.326 bits per heavy atom. The molecule has 3 unspecified atom stereocenters. The molecule has 0 aliphatic carbocycles. The Bertz CT molecular complexity index is 1670. The lowest BCUT2D eigenvalue weighted by Crippen LogP contribution is -2.30. The standard InChI is InChI=1S/C67H130O17P2/c1-6-10-13-16-18-20-22-24-26-27-32-36-41-46-51-65(70)78-57-63(84-67(72)53-48-43-38-34-30-29-31-35-40-44-49-60(5)9-4)59-82-86(75,76)80-55-61(68)54-79-85(73,74)81-58-62(56-77-64(69)50-45-39-15-12-8-3)83-66(71)52-47-42-37-33-28-25-23-21-19-17-14-11-7-2/h60-63,68H,6-59H2,1-5H3,(H,73,74)(H,75,76)/t60?,61-,62+,63+/m0/s1. The van der Waals surface area contributed by atoms with Gasteiger partial charge in [0.2, 0.25) is 0 Å². The number of unbranched alkanes of at least 4 members (excludes halogenated alkanes) is 38. The number of hydrogen-bond donors (Lipinski definition) is 3. The van der Waals surface area contributed by atoms with Crippen LogP contribution in [-0.4, -0.2) is 96.7 Å². The second kappa shape index (κ2) is 60.6. The summed E-state index contributed by atoms with van der Waals surface area (Å²) in [5, 5.41) is 10.5. The third-order valence-corrected chi connectivity index (χ3v) is 17.8. The summed E-state index contributed by atoms with van der Waals surface area (Å²) in [6.45, 7) is 7.17. The molecule has 0 heterocycles. The van der Waals surface area contributed by atoms with E-state index in [9.17, 15) is 43.2 Å². The first-order valence-corrected chi connectivity index (χ1v) is 38.2. The van der Waals surface area contributed by atoms with Gasteiger partial charge in [-0.25, -0.2) is 9.13 Å². The van der Waals surface area contributed by atoms with Crippen molar-refractivity contribution in [3.05, 3.63) is 0 Å². The number of carbonyl (C=O) groups is 4. The van der Waals surface area contributed by atoms with E-state index < -0.39 is 97.5 Å². The summed E-state index contributed by atoms with van der Waals surface area (Å²) in [5.41, 5.74) is 0. The van der Waals surface area contributed by atoms with Gasteiger partial charge in [-0.3, -0.25) is 37.3 Å². The van der Waals surface area contributed by atoms with Gasteiger partial charge in [0.05, 0.1) is 26.4 Å². The molecule has 17 nitrogen and oxygen atoms in total. The van der Waals surface area contributed by atoms with Crippen LogP contribution in [0, 0.1) is 5.92 Å². The Labute approximate surface area is 524 Å². The van der Waals surface area contributed by atoms with Crippen LogP contribution >= 0.6 is 15.6 Å². The molecule has 0 fully saturated rings. The van der Waals surface area contributed by atoms with Crippen molar-refractivity contribution in [2.45, 2.75) is 361 Å². The molecular formula is C67H130O17P2. The van der Waals surface area contributed by atoms with Gasteiger partial charge in [0.1, 0.15) is 19.3 Å². The molecule has 0 amide bonds. The lowest BCUT2D eigenvalue weighted by molar-refractivity contribution is -0.161. The highest BCUT2D eigenvalue weighted by Crippen LogP contribution is 2.45. The number of hydrogen-bond acceptors (Lipinski definition) is 15. The second-order valence-electron chi connectivity index (χ2n) is 24.5. The summed E-state index contributed by atoms with van der Waals surface area (Å²) < 4.78 is 68.0. The lowest BCUT2D eigenvalue weighted by atomic mass is 9.99. The van der Waals surface area contributed by atoms with Crippen molar-refractivity contribution in [3.63, 3.8) is 0 Å². The van der Waals surface area contributed by atoms with Crippen molar-refractivity contribution in [1.82, 2.24) is 0 Å². The predicted molar refractivity (Wildman–Crippen MR) is 345 cm³/mol. The summed E-state index contributed by atoms with van der Waals surface area (Å²) in [6.07, 6.45) is 46.0. The maximum absolute atomic E-state index is 13.0. The Morgan fingerprint density at radius 3 is 0.826 bits per heavy atom. The van der Waals surface area contributed by atoms with Crippen molar-refractivity contribution in [2.24, 2.45) is 5.92 Å². The zero-order valence-electron chi connectivity index (χ0n) is 55.4. The monoisotopic (exact) mass is 1270 g/mol. The number of phosphoric ester groups is 2. The molecule has 19 heteroatoms. The predicted octanol–water partition coefficient (Wildman–Crippen LogP) is 19.0. The van der Waals surface area contributed by atoms with Gasteiger partial charge in [-0.15, -0.1) is 0 Å². The molecule has 0 aromatic carbocycles. The van der Waals surface area contributed by atoms with Crippen LogP contribution in [-0.2, 0) is 65.4 Å². The summed E-state index contributed by atoms with van der Waals surface area (Å²) in [7, 11) is -9.88. The average Bonchev–Trinajstić information content (AvgIpc) is 3.63. The number of carbonyl (C=O) groups excluding carboxylic acids is 4. The largest absolute Gasteiger partial charge is 0.472 e. The van der Waals surface area contributed by atoms with Gasteiger partial charge in [-0.05, 0) is 31.6 Å². The van der Waals surface area contributed by atoms with Crippen LogP contribution in [0.25, 0.3) is 0 Å². The van der Waals surface area contributed by atoms with Gasteiger partial charge < -0.3 is 33.8 Å². The number of aliphatic hydroxyl groups excluding tert-OH is 1. The fourth-order valence-electron chi connectivity index (χ4n) is 10.1. The first-order valence-electron chi connectivity index (χ1n) is 35.2. The normalized spacial score (nSPS) is 14.5. The maximum atomic E-state index is 13.0. The van der Waals surface area contributed by atoms with E-state index in [-0.39, 0.29) is 25.7 Å². The number of ether oxygens (including phenoxy) is 4. The van der Waals surface area contributed by atoms with Crippen LogP contribution in [0.2, 0.25) is 0 Å². The minimum atomic E-state index is -4.95. The van der Waals surface area contributed by atoms with Crippen molar-refractivity contribution in [1.29, 1.82) is 0 Å². The molecule has 0 saturated carbocycles. The molecule has 0 bridgehead atoms. The van der Waals surface area contributed by atoms with Crippen LogP contribution in [0.1, 0.15) is 343 Å². The number of phosphoric acid groups is 2. The van der Waals surface area contributed by atoms with Crippen molar-refractivity contribution in [2.75, 3.05) is 39.6 Å². The van der Waals surface area contributed by atoms with E-state index in [1.807, 2.05) is 0 Å². The first kappa shape index (κ1) is 84.1. The van der Waals surface area contributed by atoms with E-state index in [1.54, 1.807) is 0 Å². The molecule has 0 aromatic heterocycles. The molecule has 0 rings (SSSR count). The van der Waals surface area contributed by atoms with Gasteiger partial charge in [0.25, 0.3) is 0 Å². The fraction of sp³-hybridized carbons (Fsp3) is 0.940. The van der Waals surface area contributed by atoms with Crippen LogP contribution in [0.4, 0.5) is 0 Å². The third-order valence-electron chi connectivity index (χ3n) is 15.9. The molecule has 0 saturated heterocycles. The summed E-state index contributed by atoms with van der Waals surface area (Å²) in [4.78, 5) is 72.2. The molecule has 0 aliphatic heterocycles. The fourth-order valence-corrected chi connectivity index (χ4v) is 11.7. The molecule has 6 atom stereocenters. The Hall–Kier alpha value is -1.94. The van der Waals surface area contributed by atoms with E-state index >= 15 is 0 Å². The summed E-state index contributed by atoms with van der Waals surface area (Å²) in [5.74, 6) is -1.33. The number of esters is 4. The lowest BCUT2D eigenvalue weighted by Gasteiger charge is -2.21. The molecule has 86 heavy (non-hydrogen) atoms. The summed E-state index contributed by atoms with van der Waals surface area (Å²) in [6, 6.07) is 0. The maximum Gasteiger partial charge on any atom is 0.472 e. The number of rotatable bonds is 67. The van der Waals surface area contributed by atoms with Crippen LogP contribution in [0.3, 0.4) is 0 Å². The molecule has 0 spiro atoms. The smallest absolute Gasteiger partial charge is 0.462 e. The van der Waals surface area contributed by atoms with Crippen molar-refractivity contribution in [3.8, 4) is 0 Å². The molecule has 3 N–H and O–H groups in total. The Balaban J connectivity index is 5.17. The zero-order valence-corrected chi connectivity index (χ0v) is 57.2. The Morgan fingerprint density at radius 2 is 0.558 bits per heavy atom. The number of aliphatic hydroxyl groups is 1. The highest BCUT2D eigenvalue weighted by Gasteiger charge is 2.30. The van der Waals surface area contributed by atoms with E-state index in [4.69, 9.17) is 37.0 Å². The first-order chi connectivity index (χ1) is 41.6. The molecule has 0 radical (unpaired) electrons.